The van der Waals surface area contributed by atoms with Crippen LogP contribution in [0.1, 0.15) is 12.8 Å². The van der Waals surface area contributed by atoms with Crippen molar-refractivity contribution in [2.24, 2.45) is 0 Å². The van der Waals surface area contributed by atoms with Crippen LogP contribution in [-0.2, 0) is 9.53 Å². The van der Waals surface area contributed by atoms with Gasteiger partial charge < -0.3 is 4.74 Å². The van der Waals surface area contributed by atoms with Crippen LogP contribution in [0.25, 0.3) is 0 Å². The molecule has 1 heterocycles. The van der Waals surface area contributed by atoms with Crippen molar-refractivity contribution in [3.05, 3.63) is 0 Å². The van der Waals surface area contributed by atoms with E-state index in [-0.39, 0.29) is 25.2 Å². The maximum absolute atomic E-state index is 12.1. The molecule has 0 aromatic heterocycles. The number of methoxy groups -OCH3 is 1. The van der Waals surface area contributed by atoms with Gasteiger partial charge in [0.1, 0.15) is 12.1 Å². The van der Waals surface area contributed by atoms with Gasteiger partial charge in [0.25, 0.3) is 0 Å². The zero-order valence-electron chi connectivity index (χ0n) is 7.43. The Morgan fingerprint density at radius 1 is 1.43 bits per heavy atom. The fourth-order valence-corrected chi connectivity index (χ4v) is 1.33. The first kappa shape index (κ1) is 13.5. The summed E-state index contributed by atoms with van der Waals surface area (Å²) in [5, 5.41) is 2.18. The number of hydrogen-bond acceptors (Lipinski definition) is 3. The molecule has 3 nitrogen and oxygen atoms in total. The molecule has 0 radical (unpaired) electrons. The number of ether oxygens (including phenoxy) is 1. The second-order valence-electron chi connectivity index (χ2n) is 2.91. The van der Waals surface area contributed by atoms with Crippen molar-refractivity contribution in [1.82, 2.24) is 5.32 Å². The average Bonchev–Trinajstić information content (AvgIpc) is 2.50. The SMILES string of the molecule is COC(=O)[C@@H]1CC[C@@H](C(F)(F)F)N1.Cl. The van der Waals surface area contributed by atoms with Crippen molar-refractivity contribution >= 4 is 18.4 Å². The molecule has 1 fully saturated rings. The lowest BCUT2D eigenvalue weighted by molar-refractivity contribution is -0.155. The second kappa shape index (κ2) is 4.84. The first-order valence-electron chi connectivity index (χ1n) is 3.85. The van der Waals surface area contributed by atoms with E-state index in [1.165, 1.54) is 0 Å². The smallest absolute Gasteiger partial charge is 0.403 e. The van der Waals surface area contributed by atoms with Crippen LogP contribution in [0.15, 0.2) is 0 Å². The van der Waals surface area contributed by atoms with Crippen LogP contribution in [0.5, 0.6) is 0 Å². The summed E-state index contributed by atoms with van der Waals surface area (Å²) in [6, 6.07) is -2.38. The molecule has 0 aliphatic carbocycles. The number of esters is 1. The van der Waals surface area contributed by atoms with Crippen molar-refractivity contribution in [3.63, 3.8) is 0 Å². The van der Waals surface area contributed by atoms with E-state index in [0.29, 0.717) is 0 Å². The predicted molar refractivity (Wildman–Crippen MR) is 45.3 cm³/mol. The van der Waals surface area contributed by atoms with Gasteiger partial charge >= 0.3 is 12.1 Å². The van der Waals surface area contributed by atoms with Gasteiger partial charge in [-0.25, -0.2) is 0 Å². The fourth-order valence-electron chi connectivity index (χ4n) is 1.33. The Hall–Kier alpha value is -0.490. The van der Waals surface area contributed by atoms with Gasteiger partial charge in [-0.2, -0.15) is 13.2 Å². The Labute approximate surface area is 85.4 Å². The molecule has 0 unspecified atom stereocenters. The van der Waals surface area contributed by atoms with Crippen LogP contribution >= 0.6 is 12.4 Å². The van der Waals surface area contributed by atoms with Gasteiger partial charge in [0.2, 0.25) is 0 Å². The summed E-state index contributed by atoms with van der Waals surface area (Å²) >= 11 is 0. The molecule has 0 saturated carbocycles. The Bertz CT molecular complexity index is 210. The molecule has 2 atom stereocenters. The summed E-state index contributed by atoms with van der Waals surface area (Å²) in [4.78, 5) is 10.8. The average molecular weight is 234 g/mol. The first-order chi connectivity index (χ1) is 5.95. The van der Waals surface area contributed by atoms with Crippen LogP contribution in [0.4, 0.5) is 13.2 Å². The van der Waals surface area contributed by atoms with Gasteiger partial charge in [0.05, 0.1) is 7.11 Å². The topological polar surface area (TPSA) is 38.3 Å². The summed E-state index contributed by atoms with van der Waals surface area (Å²) in [5.74, 6) is -0.633. The normalized spacial score (nSPS) is 26.9. The molecule has 0 spiro atoms. The molecule has 14 heavy (non-hydrogen) atoms. The van der Waals surface area contributed by atoms with E-state index in [2.05, 4.69) is 10.1 Å². The van der Waals surface area contributed by atoms with Gasteiger partial charge in [-0.3, -0.25) is 10.1 Å². The Morgan fingerprint density at radius 2 is 2.00 bits per heavy atom. The van der Waals surface area contributed by atoms with Crippen molar-refractivity contribution < 1.29 is 22.7 Å². The highest BCUT2D eigenvalue weighted by Crippen LogP contribution is 2.28. The third-order valence-electron chi connectivity index (χ3n) is 2.03. The van der Waals surface area contributed by atoms with Crippen LogP contribution in [0.2, 0.25) is 0 Å². The zero-order chi connectivity index (χ0) is 10.1. The van der Waals surface area contributed by atoms with E-state index in [4.69, 9.17) is 0 Å². The van der Waals surface area contributed by atoms with Crippen LogP contribution in [0, 0.1) is 0 Å². The third kappa shape index (κ3) is 3.02. The first-order valence-corrected chi connectivity index (χ1v) is 3.85. The van der Waals surface area contributed by atoms with Crippen LogP contribution in [-0.4, -0.2) is 31.3 Å². The summed E-state index contributed by atoms with van der Waals surface area (Å²) in [7, 11) is 1.16. The molecule has 1 aliphatic rings. The highest BCUT2D eigenvalue weighted by atomic mass is 35.5. The van der Waals surface area contributed by atoms with Gasteiger partial charge in [-0.15, -0.1) is 12.4 Å². The fraction of sp³-hybridized carbons (Fsp3) is 0.857. The lowest BCUT2D eigenvalue weighted by atomic mass is 10.2. The van der Waals surface area contributed by atoms with Crippen LogP contribution < -0.4 is 5.32 Å². The van der Waals surface area contributed by atoms with Crippen molar-refractivity contribution in [3.8, 4) is 0 Å². The largest absolute Gasteiger partial charge is 0.468 e. The van der Waals surface area contributed by atoms with E-state index in [1.807, 2.05) is 0 Å². The molecule has 1 N–H and O–H groups in total. The van der Waals surface area contributed by atoms with E-state index < -0.39 is 24.2 Å². The minimum Gasteiger partial charge on any atom is -0.468 e. The Balaban J connectivity index is 0.00000169. The molecule has 0 aromatic carbocycles. The number of carbonyl (C=O) groups excluding carboxylic acids is 1. The maximum Gasteiger partial charge on any atom is 0.403 e. The quantitative estimate of drug-likeness (QED) is 0.693. The predicted octanol–water partition coefficient (Wildman–Crippen LogP) is 1.26. The highest BCUT2D eigenvalue weighted by molar-refractivity contribution is 5.85. The van der Waals surface area contributed by atoms with Gasteiger partial charge in [-0.1, -0.05) is 0 Å². The van der Waals surface area contributed by atoms with E-state index in [1.54, 1.807) is 0 Å². The molecule has 1 rings (SSSR count). The molecule has 1 saturated heterocycles. The third-order valence-corrected chi connectivity index (χ3v) is 2.03. The molecular weight excluding hydrogens is 223 g/mol. The molecule has 7 heteroatoms. The molecule has 0 amide bonds. The molecular formula is C7H11ClF3NO2. The number of alkyl halides is 3. The highest BCUT2D eigenvalue weighted by Gasteiger charge is 2.45. The number of carbonyl (C=O) groups is 1. The standard InChI is InChI=1S/C7H10F3NO2.ClH/c1-13-6(12)4-2-3-5(11-4)7(8,9)10;/h4-5,11H,2-3H2,1H3;1H/t4-,5-;/m0./s1. The van der Waals surface area contributed by atoms with Crippen molar-refractivity contribution in [1.29, 1.82) is 0 Å². The maximum atomic E-state index is 12.1. The molecule has 84 valence electrons. The molecule has 0 bridgehead atoms. The van der Waals surface area contributed by atoms with Crippen molar-refractivity contribution in [2.45, 2.75) is 31.1 Å². The second-order valence-corrected chi connectivity index (χ2v) is 2.91. The summed E-state index contributed by atoms with van der Waals surface area (Å²) in [6.45, 7) is 0. The lowest BCUT2D eigenvalue weighted by Crippen LogP contribution is -2.43. The summed E-state index contributed by atoms with van der Waals surface area (Å²) < 4.78 is 40.6. The van der Waals surface area contributed by atoms with E-state index >= 15 is 0 Å². The molecule has 0 aromatic rings. The number of rotatable bonds is 1. The Morgan fingerprint density at radius 3 is 2.36 bits per heavy atom. The monoisotopic (exact) mass is 233 g/mol. The van der Waals surface area contributed by atoms with Crippen LogP contribution in [0.3, 0.4) is 0 Å². The van der Waals surface area contributed by atoms with E-state index in [0.717, 1.165) is 7.11 Å². The zero-order valence-corrected chi connectivity index (χ0v) is 8.24. The van der Waals surface area contributed by atoms with Gasteiger partial charge in [-0.05, 0) is 12.8 Å². The summed E-state index contributed by atoms with van der Waals surface area (Å²) in [5.41, 5.74) is 0. The Kier molecular flexibility index (Phi) is 4.67. The lowest BCUT2D eigenvalue weighted by Gasteiger charge is -2.15. The van der Waals surface area contributed by atoms with E-state index in [9.17, 15) is 18.0 Å². The minimum absolute atomic E-state index is 0. The minimum atomic E-state index is -4.28. The van der Waals surface area contributed by atoms with Crippen molar-refractivity contribution in [2.75, 3.05) is 7.11 Å². The number of nitrogens with one attached hydrogen (secondary N) is 1. The van der Waals surface area contributed by atoms with Gasteiger partial charge in [0, 0.05) is 0 Å². The number of halogens is 4. The molecule has 1 aliphatic heterocycles. The number of hydrogen-bond donors (Lipinski definition) is 1. The summed E-state index contributed by atoms with van der Waals surface area (Å²) in [6.07, 6.45) is -4.16. The van der Waals surface area contributed by atoms with Gasteiger partial charge in [0.15, 0.2) is 0 Å².